The Balaban J connectivity index is 1.61. The minimum absolute atomic E-state index is 0.0148. The number of carbonyl (C=O) groups is 1. The molecule has 1 saturated carbocycles. The Morgan fingerprint density at radius 2 is 1.72 bits per heavy atom. The lowest BCUT2D eigenvalue weighted by molar-refractivity contribution is -0.137. The summed E-state index contributed by atoms with van der Waals surface area (Å²) in [6, 6.07) is 13.2. The highest BCUT2D eigenvalue weighted by Gasteiger charge is 2.51. The molecule has 0 spiro atoms. The van der Waals surface area contributed by atoms with E-state index in [1.54, 1.807) is 0 Å². The fourth-order valence-corrected chi connectivity index (χ4v) is 5.09. The molecule has 1 atom stereocenters. The van der Waals surface area contributed by atoms with Crippen molar-refractivity contribution in [3.63, 3.8) is 0 Å². The van der Waals surface area contributed by atoms with Crippen LogP contribution in [-0.4, -0.2) is 36.0 Å². The van der Waals surface area contributed by atoms with Crippen molar-refractivity contribution in [1.82, 2.24) is 10.2 Å². The van der Waals surface area contributed by atoms with Gasteiger partial charge in [-0.3, -0.25) is 4.79 Å². The van der Waals surface area contributed by atoms with Gasteiger partial charge in [0.15, 0.2) is 0 Å². The number of hydrogen-bond acceptors (Lipinski definition) is 3. The van der Waals surface area contributed by atoms with Gasteiger partial charge in [0, 0.05) is 24.8 Å². The van der Waals surface area contributed by atoms with Crippen molar-refractivity contribution in [2.75, 3.05) is 13.1 Å². The number of hydrogen-bond donors (Lipinski definition) is 2. The van der Waals surface area contributed by atoms with E-state index < -0.39 is 17.2 Å². The second kappa shape index (κ2) is 10.7. The third kappa shape index (κ3) is 5.94. The van der Waals surface area contributed by atoms with Crippen LogP contribution < -0.4 is 11.1 Å². The molecule has 1 amide bonds. The summed E-state index contributed by atoms with van der Waals surface area (Å²) >= 11 is 0. The van der Waals surface area contributed by atoms with Crippen LogP contribution in [0.3, 0.4) is 0 Å². The van der Waals surface area contributed by atoms with E-state index in [-0.39, 0.29) is 18.0 Å². The molecule has 36 heavy (non-hydrogen) atoms. The van der Waals surface area contributed by atoms with Crippen LogP contribution in [0.25, 0.3) is 0 Å². The maximum Gasteiger partial charge on any atom is 0.416 e. The number of nitrogens with one attached hydrogen (secondary N) is 1. The van der Waals surface area contributed by atoms with Gasteiger partial charge in [0.2, 0.25) is 5.91 Å². The SMILES string of the molecule is CCC=C([C@H](Cc1ccc(C(F)(F)F)cc1)NC(=O)C1(c2ccc(C)cc2)CC1)N1CCC(N)CC1. The molecule has 1 saturated heterocycles. The summed E-state index contributed by atoms with van der Waals surface area (Å²) in [6.07, 6.45) is 2.30. The first-order chi connectivity index (χ1) is 17.1. The maximum absolute atomic E-state index is 13.7. The summed E-state index contributed by atoms with van der Waals surface area (Å²) in [6.45, 7) is 5.68. The van der Waals surface area contributed by atoms with E-state index >= 15 is 0 Å². The predicted octanol–water partition coefficient (Wildman–Crippen LogP) is 5.49. The molecule has 0 aromatic heterocycles. The normalized spacial score (nSPS) is 19.2. The largest absolute Gasteiger partial charge is 0.416 e. The molecule has 2 fully saturated rings. The Kier molecular flexibility index (Phi) is 7.79. The quantitative estimate of drug-likeness (QED) is 0.505. The molecule has 7 heteroatoms. The molecule has 3 N–H and O–H groups in total. The highest BCUT2D eigenvalue weighted by molar-refractivity contribution is 5.91. The average Bonchev–Trinajstić information content (AvgIpc) is 3.65. The zero-order valence-corrected chi connectivity index (χ0v) is 21.1. The van der Waals surface area contributed by atoms with E-state index in [9.17, 15) is 18.0 Å². The number of amides is 1. The molecule has 194 valence electrons. The standard InChI is InChI=1S/C29H36F3N3O/c1-3-4-26(35-17-13-24(33)14-18-35)25(19-21-7-11-23(12-8-21)29(30,31)32)34-27(36)28(15-16-28)22-9-5-20(2)6-10-22/h4-12,24-25H,3,13-19,33H2,1-2H3,(H,34,36)/t25-/m0/s1. The van der Waals surface area contributed by atoms with E-state index in [1.807, 2.05) is 31.2 Å². The average molecular weight is 500 g/mol. The number of aryl methyl sites for hydroxylation is 1. The Morgan fingerprint density at radius 1 is 1.11 bits per heavy atom. The van der Waals surface area contributed by atoms with E-state index in [4.69, 9.17) is 5.73 Å². The number of benzene rings is 2. The lowest BCUT2D eigenvalue weighted by atomic mass is 9.92. The van der Waals surface area contributed by atoms with Crippen LogP contribution in [0.15, 0.2) is 60.3 Å². The number of rotatable bonds is 8. The first-order valence-electron chi connectivity index (χ1n) is 12.9. The Bertz CT molecular complexity index is 1060. The summed E-state index contributed by atoms with van der Waals surface area (Å²) in [4.78, 5) is 16.0. The van der Waals surface area contributed by atoms with Gasteiger partial charge in [-0.15, -0.1) is 0 Å². The van der Waals surface area contributed by atoms with Crippen molar-refractivity contribution in [3.05, 3.63) is 82.6 Å². The number of nitrogens with two attached hydrogens (primary N) is 1. The summed E-state index contributed by atoms with van der Waals surface area (Å²) in [5.74, 6) is -0.0148. The zero-order chi connectivity index (χ0) is 25.9. The number of carbonyl (C=O) groups excluding carboxylic acids is 1. The number of piperidine rings is 1. The van der Waals surface area contributed by atoms with E-state index in [1.165, 1.54) is 12.1 Å². The van der Waals surface area contributed by atoms with Crippen molar-refractivity contribution in [1.29, 1.82) is 0 Å². The summed E-state index contributed by atoms with van der Waals surface area (Å²) in [7, 11) is 0. The molecule has 4 nitrogen and oxygen atoms in total. The minimum Gasteiger partial charge on any atom is -0.373 e. The van der Waals surface area contributed by atoms with E-state index in [0.29, 0.717) is 6.42 Å². The van der Waals surface area contributed by atoms with Gasteiger partial charge in [0.1, 0.15) is 0 Å². The first-order valence-corrected chi connectivity index (χ1v) is 12.9. The predicted molar refractivity (Wildman–Crippen MR) is 136 cm³/mol. The van der Waals surface area contributed by atoms with Crippen LogP contribution in [0, 0.1) is 6.92 Å². The summed E-state index contributed by atoms with van der Waals surface area (Å²) in [5, 5.41) is 3.32. The molecule has 1 heterocycles. The molecule has 1 aliphatic carbocycles. The Hall–Kier alpha value is -2.80. The third-order valence-corrected chi connectivity index (χ3v) is 7.49. The van der Waals surface area contributed by atoms with Crippen LogP contribution in [0.2, 0.25) is 0 Å². The number of alkyl halides is 3. The fraction of sp³-hybridized carbons (Fsp3) is 0.483. The maximum atomic E-state index is 13.7. The summed E-state index contributed by atoms with van der Waals surface area (Å²) in [5.41, 5.74) is 8.87. The van der Waals surface area contributed by atoms with Gasteiger partial charge < -0.3 is 16.0 Å². The first kappa shape index (κ1) is 26.3. The molecular formula is C29H36F3N3O. The second-order valence-electron chi connectivity index (χ2n) is 10.2. The smallest absolute Gasteiger partial charge is 0.373 e. The zero-order valence-electron chi connectivity index (χ0n) is 21.1. The molecule has 2 aromatic rings. The summed E-state index contributed by atoms with van der Waals surface area (Å²) < 4.78 is 39.3. The molecule has 2 aliphatic rings. The van der Waals surface area contributed by atoms with Crippen molar-refractivity contribution in [3.8, 4) is 0 Å². The molecule has 2 aromatic carbocycles. The van der Waals surface area contributed by atoms with E-state index in [0.717, 1.165) is 79.7 Å². The molecular weight excluding hydrogens is 463 g/mol. The third-order valence-electron chi connectivity index (χ3n) is 7.49. The van der Waals surface area contributed by atoms with Crippen molar-refractivity contribution >= 4 is 5.91 Å². The topological polar surface area (TPSA) is 58.4 Å². The lowest BCUT2D eigenvalue weighted by Crippen LogP contribution is -2.49. The van der Waals surface area contributed by atoms with Gasteiger partial charge in [0.05, 0.1) is 17.0 Å². The van der Waals surface area contributed by atoms with Gasteiger partial charge >= 0.3 is 6.18 Å². The van der Waals surface area contributed by atoms with Gasteiger partial charge in [-0.2, -0.15) is 13.2 Å². The highest BCUT2D eigenvalue weighted by atomic mass is 19.4. The number of nitrogens with zero attached hydrogens (tertiary/aromatic N) is 1. The molecule has 0 bridgehead atoms. The fourth-order valence-electron chi connectivity index (χ4n) is 5.09. The highest BCUT2D eigenvalue weighted by Crippen LogP contribution is 2.48. The Morgan fingerprint density at radius 3 is 2.25 bits per heavy atom. The van der Waals surface area contributed by atoms with Crippen LogP contribution in [0.5, 0.6) is 0 Å². The van der Waals surface area contributed by atoms with Gasteiger partial charge in [-0.05, 0) is 68.7 Å². The van der Waals surface area contributed by atoms with Crippen molar-refractivity contribution < 1.29 is 18.0 Å². The van der Waals surface area contributed by atoms with Crippen LogP contribution in [-0.2, 0) is 22.8 Å². The minimum atomic E-state index is -4.38. The van der Waals surface area contributed by atoms with Gasteiger partial charge in [-0.1, -0.05) is 55.0 Å². The number of halogens is 3. The second-order valence-corrected chi connectivity index (χ2v) is 10.2. The van der Waals surface area contributed by atoms with Crippen molar-refractivity contribution in [2.24, 2.45) is 5.73 Å². The van der Waals surface area contributed by atoms with Crippen LogP contribution in [0.1, 0.15) is 61.3 Å². The number of allylic oxidation sites excluding steroid dienone is 1. The molecule has 1 aliphatic heterocycles. The molecule has 0 radical (unpaired) electrons. The molecule has 0 unspecified atom stereocenters. The monoisotopic (exact) mass is 499 g/mol. The van der Waals surface area contributed by atoms with Crippen molar-refractivity contribution in [2.45, 2.75) is 76.0 Å². The lowest BCUT2D eigenvalue weighted by Gasteiger charge is -2.38. The van der Waals surface area contributed by atoms with Gasteiger partial charge in [-0.25, -0.2) is 0 Å². The van der Waals surface area contributed by atoms with Gasteiger partial charge in [0.25, 0.3) is 0 Å². The number of likely N-dealkylation sites (tertiary alicyclic amines) is 1. The molecule has 4 rings (SSSR count). The van der Waals surface area contributed by atoms with E-state index in [2.05, 4.69) is 23.2 Å². The van der Waals surface area contributed by atoms with Crippen LogP contribution >= 0.6 is 0 Å². The van der Waals surface area contributed by atoms with Crippen LogP contribution in [0.4, 0.5) is 13.2 Å². The Labute approximate surface area is 211 Å².